The molecular formula is C14H22N2S. The van der Waals surface area contributed by atoms with Gasteiger partial charge in [0.1, 0.15) is 0 Å². The molecule has 0 aliphatic heterocycles. The molecule has 0 bridgehead atoms. The van der Waals surface area contributed by atoms with Crippen LogP contribution < -0.4 is 5.32 Å². The molecule has 0 saturated carbocycles. The Morgan fingerprint density at radius 1 is 1.35 bits per heavy atom. The molecule has 1 aromatic heterocycles. The molecule has 0 aliphatic carbocycles. The summed E-state index contributed by atoms with van der Waals surface area (Å²) in [6, 6.07) is 0.347. The molecule has 0 aliphatic rings. The zero-order chi connectivity index (χ0) is 13.2. The van der Waals surface area contributed by atoms with Crippen LogP contribution in [-0.2, 0) is 5.41 Å². The minimum atomic E-state index is 0.0876. The minimum Gasteiger partial charge on any atom is -0.296 e. The van der Waals surface area contributed by atoms with E-state index in [9.17, 15) is 0 Å². The molecule has 1 heterocycles. The SMILES string of the molecule is C#CC(C)NC(C)c1sc(C(C)(C)C)nc1C. The Kier molecular flexibility index (Phi) is 4.35. The predicted molar refractivity (Wildman–Crippen MR) is 75.4 cm³/mol. The fraction of sp³-hybridized carbons (Fsp3) is 0.643. The maximum Gasteiger partial charge on any atom is 0.0985 e. The molecule has 2 unspecified atom stereocenters. The van der Waals surface area contributed by atoms with Crippen LogP contribution in [0.25, 0.3) is 0 Å². The van der Waals surface area contributed by atoms with E-state index in [1.807, 2.05) is 6.92 Å². The first-order valence-corrected chi connectivity index (χ1v) is 6.77. The van der Waals surface area contributed by atoms with Crippen LogP contribution in [0.5, 0.6) is 0 Å². The van der Waals surface area contributed by atoms with E-state index < -0.39 is 0 Å². The van der Waals surface area contributed by atoms with Gasteiger partial charge in [0.05, 0.1) is 16.7 Å². The Bertz CT molecular complexity index is 420. The second-order valence-corrected chi connectivity index (χ2v) is 6.53. The number of rotatable bonds is 3. The Hall–Kier alpha value is -0.850. The van der Waals surface area contributed by atoms with Crippen LogP contribution in [0.4, 0.5) is 0 Å². The molecule has 0 radical (unpaired) electrons. The lowest BCUT2D eigenvalue weighted by atomic mass is 9.98. The maximum atomic E-state index is 5.39. The van der Waals surface area contributed by atoms with Crippen LogP contribution in [0.2, 0.25) is 0 Å². The van der Waals surface area contributed by atoms with Gasteiger partial charge in [-0.1, -0.05) is 26.7 Å². The average Bonchev–Trinajstić information content (AvgIpc) is 2.59. The van der Waals surface area contributed by atoms with Gasteiger partial charge in [0.25, 0.3) is 0 Å². The molecule has 3 heteroatoms. The van der Waals surface area contributed by atoms with E-state index in [-0.39, 0.29) is 17.5 Å². The molecule has 0 aromatic carbocycles. The van der Waals surface area contributed by atoms with Crippen LogP contribution >= 0.6 is 11.3 Å². The first-order chi connectivity index (χ1) is 7.75. The monoisotopic (exact) mass is 250 g/mol. The van der Waals surface area contributed by atoms with Crippen molar-refractivity contribution < 1.29 is 0 Å². The van der Waals surface area contributed by atoms with E-state index in [1.165, 1.54) is 9.88 Å². The second kappa shape index (κ2) is 5.20. The topological polar surface area (TPSA) is 24.9 Å². The van der Waals surface area contributed by atoms with E-state index >= 15 is 0 Å². The Morgan fingerprint density at radius 3 is 2.35 bits per heavy atom. The quantitative estimate of drug-likeness (QED) is 0.831. The number of hydrogen-bond acceptors (Lipinski definition) is 3. The summed E-state index contributed by atoms with van der Waals surface area (Å²) in [4.78, 5) is 5.95. The van der Waals surface area contributed by atoms with Gasteiger partial charge in [0.15, 0.2) is 0 Å². The summed E-state index contributed by atoms with van der Waals surface area (Å²) in [5.41, 5.74) is 1.23. The normalized spacial score (nSPS) is 15.4. The van der Waals surface area contributed by atoms with Crippen molar-refractivity contribution in [2.75, 3.05) is 0 Å². The van der Waals surface area contributed by atoms with Crippen LogP contribution in [0, 0.1) is 19.3 Å². The maximum absolute atomic E-state index is 5.39. The van der Waals surface area contributed by atoms with Crippen molar-refractivity contribution >= 4 is 11.3 Å². The number of aryl methyl sites for hydroxylation is 1. The van der Waals surface area contributed by atoms with Crippen molar-refractivity contribution in [3.05, 3.63) is 15.6 Å². The Morgan fingerprint density at radius 2 is 1.94 bits per heavy atom. The molecule has 94 valence electrons. The summed E-state index contributed by atoms with van der Waals surface area (Å²) in [6.07, 6.45) is 5.39. The molecule has 2 nitrogen and oxygen atoms in total. The third-order valence-electron chi connectivity index (χ3n) is 2.62. The Labute approximate surface area is 109 Å². The largest absolute Gasteiger partial charge is 0.296 e. The van der Waals surface area contributed by atoms with Crippen molar-refractivity contribution in [2.45, 2.75) is 59.0 Å². The van der Waals surface area contributed by atoms with Crippen molar-refractivity contribution in [3.8, 4) is 12.3 Å². The van der Waals surface area contributed by atoms with Crippen molar-refractivity contribution in [2.24, 2.45) is 0 Å². The highest BCUT2D eigenvalue weighted by molar-refractivity contribution is 7.12. The molecule has 0 fully saturated rings. The van der Waals surface area contributed by atoms with E-state index in [0.29, 0.717) is 0 Å². The summed E-state index contributed by atoms with van der Waals surface area (Å²) in [7, 11) is 0. The van der Waals surface area contributed by atoms with Gasteiger partial charge in [-0.15, -0.1) is 17.8 Å². The Balaban J connectivity index is 2.92. The van der Waals surface area contributed by atoms with Gasteiger partial charge in [-0.2, -0.15) is 0 Å². The first-order valence-electron chi connectivity index (χ1n) is 5.95. The van der Waals surface area contributed by atoms with Crippen molar-refractivity contribution in [3.63, 3.8) is 0 Å². The molecule has 1 rings (SSSR count). The minimum absolute atomic E-state index is 0.0876. The molecule has 0 amide bonds. The third-order valence-corrected chi connectivity index (χ3v) is 4.38. The van der Waals surface area contributed by atoms with E-state index in [0.717, 1.165) is 5.69 Å². The summed E-state index contributed by atoms with van der Waals surface area (Å²) in [5, 5.41) is 4.57. The molecule has 1 aromatic rings. The highest BCUT2D eigenvalue weighted by Gasteiger charge is 2.22. The fourth-order valence-corrected chi connectivity index (χ4v) is 2.76. The number of nitrogens with one attached hydrogen (secondary N) is 1. The van der Waals surface area contributed by atoms with Crippen molar-refractivity contribution in [1.82, 2.24) is 10.3 Å². The van der Waals surface area contributed by atoms with Crippen LogP contribution in [-0.4, -0.2) is 11.0 Å². The highest BCUT2D eigenvalue weighted by atomic mass is 32.1. The standard InChI is InChI=1S/C14H22N2S/c1-8-9(2)15-10(3)12-11(4)16-13(17-12)14(5,6)7/h1,9-10,15H,2-7H3. The molecule has 0 saturated heterocycles. The van der Waals surface area contributed by atoms with E-state index in [1.54, 1.807) is 11.3 Å². The van der Waals surface area contributed by atoms with E-state index in [2.05, 4.69) is 50.8 Å². The fourth-order valence-electron chi connectivity index (χ4n) is 1.63. The predicted octanol–water partition coefficient (Wildman–Crippen LogP) is 3.42. The molecular weight excluding hydrogens is 228 g/mol. The zero-order valence-corrected chi connectivity index (χ0v) is 12.4. The van der Waals surface area contributed by atoms with Gasteiger partial charge in [-0.25, -0.2) is 4.98 Å². The van der Waals surface area contributed by atoms with Gasteiger partial charge < -0.3 is 0 Å². The molecule has 0 spiro atoms. The highest BCUT2D eigenvalue weighted by Crippen LogP contribution is 2.32. The van der Waals surface area contributed by atoms with Crippen LogP contribution in [0.1, 0.15) is 56.2 Å². The summed E-state index contributed by atoms with van der Waals surface area (Å²) in [5.74, 6) is 2.70. The van der Waals surface area contributed by atoms with Gasteiger partial charge in [-0.3, -0.25) is 5.32 Å². The summed E-state index contributed by atoms with van der Waals surface area (Å²) < 4.78 is 0. The molecule has 2 atom stereocenters. The van der Waals surface area contributed by atoms with Gasteiger partial charge in [-0.05, 0) is 20.8 Å². The smallest absolute Gasteiger partial charge is 0.0985 e. The summed E-state index contributed by atoms with van der Waals surface area (Å²) in [6.45, 7) is 12.8. The van der Waals surface area contributed by atoms with Crippen LogP contribution in [0.3, 0.4) is 0 Å². The lowest BCUT2D eigenvalue weighted by Crippen LogP contribution is -2.27. The third kappa shape index (κ3) is 3.55. The zero-order valence-electron chi connectivity index (χ0n) is 11.6. The molecule has 1 N–H and O–H groups in total. The van der Waals surface area contributed by atoms with Gasteiger partial charge in [0.2, 0.25) is 0 Å². The van der Waals surface area contributed by atoms with Gasteiger partial charge in [0, 0.05) is 16.3 Å². The first kappa shape index (κ1) is 14.2. The van der Waals surface area contributed by atoms with E-state index in [4.69, 9.17) is 6.42 Å². The lowest BCUT2D eigenvalue weighted by Gasteiger charge is -2.16. The number of aromatic nitrogens is 1. The number of nitrogens with zero attached hydrogens (tertiary/aromatic N) is 1. The van der Waals surface area contributed by atoms with Crippen molar-refractivity contribution in [1.29, 1.82) is 0 Å². The second-order valence-electron chi connectivity index (χ2n) is 5.50. The van der Waals surface area contributed by atoms with Crippen LogP contribution in [0.15, 0.2) is 0 Å². The number of terminal acetylenes is 1. The van der Waals surface area contributed by atoms with Gasteiger partial charge >= 0.3 is 0 Å². The lowest BCUT2D eigenvalue weighted by molar-refractivity contribution is 0.550. The number of thiazole rings is 1. The summed E-state index contributed by atoms with van der Waals surface area (Å²) >= 11 is 1.78. The number of hydrogen-bond donors (Lipinski definition) is 1. The molecule has 17 heavy (non-hydrogen) atoms. The average molecular weight is 250 g/mol.